The van der Waals surface area contributed by atoms with Crippen LogP contribution in [0.5, 0.6) is 0 Å². The van der Waals surface area contributed by atoms with Crippen molar-refractivity contribution in [3.05, 3.63) is 0 Å². The van der Waals surface area contributed by atoms with Crippen molar-refractivity contribution in [3.63, 3.8) is 0 Å². The third kappa shape index (κ3) is 2.47. The number of ether oxygens (including phenoxy) is 1. The van der Waals surface area contributed by atoms with Crippen LogP contribution in [0, 0.1) is 0 Å². The Morgan fingerprint density at radius 2 is 1.88 bits per heavy atom. The topological polar surface area (TPSA) is 142 Å². The molecular formula is C8H14N2O6. The normalized spacial score (nSPS) is 39.1. The Labute approximate surface area is 91.0 Å². The van der Waals surface area contributed by atoms with Gasteiger partial charge in [-0.1, -0.05) is 0 Å². The third-order valence-electron chi connectivity index (χ3n) is 2.30. The van der Waals surface area contributed by atoms with Crippen molar-refractivity contribution in [2.75, 3.05) is 0 Å². The van der Waals surface area contributed by atoms with Crippen LogP contribution in [0.25, 0.3) is 0 Å². The van der Waals surface area contributed by atoms with Crippen molar-refractivity contribution in [1.82, 2.24) is 5.32 Å². The molecule has 0 aromatic rings. The lowest BCUT2D eigenvalue weighted by Crippen LogP contribution is -2.67. The second-order valence-electron chi connectivity index (χ2n) is 3.57. The van der Waals surface area contributed by atoms with Gasteiger partial charge in [0.25, 0.3) is 0 Å². The smallest absolute Gasteiger partial charge is 0.335 e. The average Bonchev–Trinajstić information content (AvgIpc) is 2.17. The Morgan fingerprint density at radius 1 is 1.31 bits per heavy atom. The summed E-state index contributed by atoms with van der Waals surface area (Å²) in [6.07, 6.45) is -5.93. The number of carbonyl (C=O) groups excluding carboxylic acids is 1. The van der Waals surface area contributed by atoms with Gasteiger partial charge in [-0.3, -0.25) is 4.79 Å². The molecule has 1 saturated heterocycles. The maximum absolute atomic E-state index is 10.8. The molecule has 0 aliphatic carbocycles. The maximum atomic E-state index is 10.8. The molecule has 0 aromatic carbocycles. The fourth-order valence-electron chi connectivity index (χ4n) is 1.53. The number of nitrogens with one attached hydrogen (secondary N) is 1. The monoisotopic (exact) mass is 234 g/mol. The number of nitrogens with two attached hydrogens (primary N) is 1. The number of aliphatic hydroxyl groups is 2. The van der Waals surface area contributed by atoms with Crippen LogP contribution in [0.3, 0.4) is 0 Å². The van der Waals surface area contributed by atoms with Crippen LogP contribution < -0.4 is 11.1 Å². The van der Waals surface area contributed by atoms with Gasteiger partial charge in [0.05, 0.1) is 6.04 Å². The van der Waals surface area contributed by atoms with Crippen LogP contribution in [0.1, 0.15) is 6.92 Å². The summed E-state index contributed by atoms with van der Waals surface area (Å²) in [6.45, 7) is 1.20. The van der Waals surface area contributed by atoms with Crippen molar-refractivity contribution in [1.29, 1.82) is 0 Å². The first kappa shape index (κ1) is 12.8. The number of aliphatic carboxylic acids is 1. The van der Waals surface area contributed by atoms with Gasteiger partial charge in [0.2, 0.25) is 5.91 Å². The van der Waals surface area contributed by atoms with E-state index in [0.717, 1.165) is 0 Å². The van der Waals surface area contributed by atoms with Crippen LogP contribution in [-0.4, -0.2) is 57.8 Å². The predicted molar refractivity (Wildman–Crippen MR) is 50.1 cm³/mol. The molecule has 0 aromatic heterocycles. The molecule has 0 radical (unpaired) electrons. The van der Waals surface area contributed by atoms with E-state index in [1.54, 1.807) is 0 Å². The minimum atomic E-state index is -1.64. The molecule has 8 nitrogen and oxygen atoms in total. The summed E-state index contributed by atoms with van der Waals surface area (Å²) in [5.74, 6) is -1.90. The summed E-state index contributed by atoms with van der Waals surface area (Å²) in [6, 6.07) is -1.04. The predicted octanol–water partition coefficient (Wildman–Crippen LogP) is -3.02. The number of hydrogen-bond donors (Lipinski definition) is 5. The number of carboxylic acid groups (broad SMARTS) is 1. The van der Waals surface area contributed by atoms with E-state index in [1.807, 2.05) is 0 Å². The lowest BCUT2D eigenvalue weighted by molar-refractivity contribution is -0.201. The molecule has 16 heavy (non-hydrogen) atoms. The van der Waals surface area contributed by atoms with Crippen molar-refractivity contribution >= 4 is 11.9 Å². The van der Waals surface area contributed by atoms with E-state index in [4.69, 9.17) is 15.6 Å². The standard InChI is InChI=1S/C8H14N2O6/c1-2(11)10-3-4(12)5(13)6(8(14)15)16-7(3)9/h3-7,12-13H,9H2,1H3,(H,10,11)(H,14,15)/t3-,4-,5+,6+,7-/m1/s1. The Morgan fingerprint density at radius 3 is 2.31 bits per heavy atom. The summed E-state index contributed by atoms with van der Waals surface area (Å²) in [7, 11) is 0. The van der Waals surface area contributed by atoms with Gasteiger partial charge in [-0.15, -0.1) is 0 Å². The molecule has 0 unspecified atom stereocenters. The fraction of sp³-hybridized carbons (Fsp3) is 0.750. The molecule has 1 fully saturated rings. The Kier molecular flexibility index (Phi) is 3.81. The first-order valence-electron chi connectivity index (χ1n) is 4.61. The molecule has 1 rings (SSSR count). The lowest BCUT2D eigenvalue weighted by Gasteiger charge is -2.39. The molecule has 5 atom stereocenters. The first-order chi connectivity index (χ1) is 7.34. The van der Waals surface area contributed by atoms with Crippen molar-refractivity contribution < 1.29 is 29.6 Å². The number of carboxylic acids is 1. The molecule has 92 valence electrons. The summed E-state index contributed by atoms with van der Waals surface area (Å²) < 4.78 is 4.80. The van der Waals surface area contributed by atoms with E-state index in [0.29, 0.717) is 0 Å². The quantitative estimate of drug-likeness (QED) is 0.342. The fourth-order valence-corrected chi connectivity index (χ4v) is 1.53. The van der Waals surface area contributed by atoms with E-state index >= 15 is 0 Å². The van der Waals surface area contributed by atoms with Crippen molar-refractivity contribution in [2.24, 2.45) is 5.73 Å². The van der Waals surface area contributed by atoms with Crippen LogP contribution in [-0.2, 0) is 14.3 Å². The molecular weight excluding hydrogens is 220 g/mol. The van der Waals surface area contributed by atoms with Crippen LogP contribution >= 0.6 is 0 Å². The SMILES string of the molecule is CC(=O)N[C@@H]1[C@@H](O)[C@H](O)[C@@H](C(=O)O)O[C@H]1N. The number of rotatable bonds is 2. The number of carbonyl (C=O) groups is 2. The van der Waals surface area contributed by atoms with Crippen LogP contribution in [0.4, 0.5) is 0 Å². The lowest BCUT2D eigenvalue weighted by atomic mass is 9.96. The molecule has 6 N–H and O–H groups in total. The highest BCUT2D eigenvalue weighted by atomic mass is 16.6. The highest BCUT2D eigenvalue weighted by Gasteiger charge is 2.46. The second kappa shape index (κ2) is 4.74. The van der Waals surface area contributed by atoms with E-state index in [2.05, 4.69) is 5.32 Å². The molecule has 0 saturated carbocycles. The summed E-state index contributed by atoms with van der Waals surface area (Å²) >= 11 is 0. The van der Waals surface area contributed by atoms with Gasteiger partial charge in [-0.2, -0.15) is 0 Å². The van der Waals surface area contributed by atoms with Gasteiger partial charge in [0, 0.05) is 6.92 Å². The number of amides is 1. The minimum Gasteiger partial charge on any atom is -0.479 e. The van der Waals surface area contributed by atoms with Gasteiger partial charge >= 0.3 is 5.97 Å². The van der Waals surface area contributed by atoms with Crippen molar-refractivity contribution in [2.45, 2.75) is 37.5 Å². The molecule has 1 aliphatic rings. The summed E-state index contributed by atoms with van der Waals surface area (Å²) in [5.41, 5.74) is 5.44. The van der Waals surface area contributed by atoms with Gasteiger partial charge in [-0.05, 0) is 0 Å². The molecule has 1 heterocycles. The number of hydrogen-bond acceptors (Lipinski definition) is 6. The third-order valence-corrected chi connectivity index (χ3v) is 2.30. The largest absolute Gasteiger partial charge is 0.479 e. The van der Waals surface area contributed by atoms with Gasteiger partial charge in [0.15, 0.2) is 6.10 Å². The first-order valence-corrected chi connectivity index (χ1v) is 4.61. The van der Waals surface area contributed by atoms with Crippen LogP contribution in [0.2, 0.25) is 0 Å². The van der Waals surface area contributed by atoms with E-state index in [9.17, 15) is 19.8 Å². The summed E-state index contributed by atoms with van der Waals surface area (Å²) in [5, 5.41) is 30.0. The van der Waals surface area contributed by atoms with E-state index < -0.39 is 42.5 Å². The average molecular weight is 234 g/mol. The van der Waals surface area contributed by atoms with E-state index in [-0.39, 0.29) is 0 Å². The Bertz CT molecular complexity index is 296. The zero-order chi connectivity index (χ0) is 12.5. The Balaban J connectivity index is 2.79. The maximum Gasteiger partial charge on any atom is 0.335 e. The minimum absolute atomic E-state index is 0.468. The molecule has 8 heteroatoms. The molecule has 1 amide bonds. The molecule has 0 bridgehead atoms. The van der Waals surface area contributed by atoms with Crippen LogP contribution in [0.15, 0.2) is 0 Å². The molecule has 1 aliphatic heterocycles. The zero-order valence-corrected chi connectivity index (χ0v) is 8.53. The second-order valence-corrected chi connectivity index (χ2v) is 3.57. The molecule has 0 spiro atoms. The Hall–Kier alpha value is -1.22. The summed E-state index contributed by atoms with van der Waals surface area (Å²) in [4.78, 5) is 21.4. The van der Waals surface area contributed by atoms with Gasteiger partial charge in [-0.25, -0.2) is 4.79 Å². The van der Waals surface area contributed by atoms with Gasteiger partial charge in [0.1, 0.15) is 18.4 Å². The highest BCUT2D eigenvalue weighted by Crippen LogP contribution is 2.18. The van der Waals surface area contributed by atoms with Gasteiger partial charge < -0.3 is 31.1 Å². The highest BCUT2D eigenvalue weighted by molar-refractivity contribution is 5.74. The zero-order valence-electron chi connectivity index (χ0n) is 8.53. The van der Waals surface area contributed by atoms with E-state index in [1.165, 1.54) is 6.92 Å². The number of aliphatic hydroxyl groups excluding tert-OH is 2. The van der Waals surface area contributed by atoms with Crippen molar-refractivity contribution in [3.8, 4) is 0 Å².